The number of primary amides is 1. The van der Waals surface area contributed by atoms with Gasteiger partial charge in [-0.05, 0) is 24.5 Å². The van der Waals surface area contributed by atoms with E-state index in [1.807, 2.05) is 6.92 Å². The number of rotatable bonds is 4. The Kier molecular flexibility index (Phi) is 3.77. The zero-order valence-electron chi connectivity index (χ0n) is 8.52. The first kappa shape index (κ1) is 11.6. The minimum absolute atomic E-state index is 0.291. The molecule has 15 heavy (non-hydrogen) atoms. The van der Waals surface area contributed by atoms with Gasteiger partial charge >= 0.3 is 0 Å². The number of hydrogen-bond acceptors (Lipinski definition) is 1. The number of nitrogens with two attached hydrogens (primary N) is 1. The normalized spacial score (nSPS) is 10.3. The first-order valence-electron chi connectivity index (χ1n) is 4.84. The molecule has 0 fully saturated rings. The highest BCUT2D eigenvalue weighted by molar-refractivity contribution is 5.93. The Labute approximate surface area is 87.1 Å². The Balaban J connectivity index is 3.04. The molecular formula is C11H13F2NO. The van der Waals surface area contributed by atoms with Crippen LogP contribution in [0.25, 0.3) is 0 Å². The van der Waals surface area contributed by atoms with E-state index in [0.29, 0.717) is 12.0 Å². The summed E-state index contributed by atoms with van der Waals surface area (Å²) in [5.41, 5.74) is 4.78. The number of carbonyl (C=O) groups excluding carboxylic acids is 1. The maximum absolute atomic E-state index is 13.4. The SMILES string of the molecule is CCCCc1ccc(C(N)=O)c(F)c1F. The molecule has 2 nitrogen and oxygen atoms in total. The Morgan fingerprint density at radius 2 is 2.00 bits per heavy atom. The van der Waals surface area contributed by atoms with Crippen molar-refractivity contribution in [1.29, 1.82) is 0 Å². The van der Waals surface area contributed by atoms with Crippen molar-refractivity contribution in [1.82, 2.24) is 0 Å². The molecule has 1 amide bonds. The molecule has 82 valence electrons. The van der Waals surface area contributed by atoms with E-state index >= 15 is 0 Å². The lowest BCUT2D eigenvalue weighted by molar-refractivity contribution is 0.0995. The highest BCUT2D eigenvalue weighted by Gasteiger charge is 2.15. The van der Waals surface area contributed by atoms with E-state index in [-0.39, 0.29) is 0 Å². The van der Waals surface area contributed by atoms with Crippen molar-refractivity contribution in [3.05, 3.63) is 34.9 Å². The third-order valence-electron chi connectivity index (χ3n) is 2.23. The van der Waals surface area contributed by atoms with Crippen molar-refractivity contribution < 1.29 is 13.6 Å². The predicted octanol–water partition coefficient (Wildman–Crippen LogP) is 2.41. The van der Waals surface area contributed by atoms with Crippen LogP contribution >= 0.6 is 0 Å². The van der Waals surface area contributed by atoms with Crippen LogP contribution in [0.15, 0.2) is 12.1 Å². The van der Waals surface area contributed by atoms with Crippen molar-refractivity contribution in [3.8, 4) is 0 Å². The second kappa shape index (κ2) is 4.87. The summed E-state index contributed by atoms with van der Waals surface area (Å²) in [6, 6.07) is 2.64. The standard InChI is InChI=1S/C11H13F2NO/c1-2-3-4-7-5-6-8(11(14)15)10(13)9(7)12/h5-6H,2-4H2,1H3,(H2,14,15). The second-order valence-electron chi connectivity index (χ2n) is 3.37. The summed E-state index contributed by atoms with van der Waals surface area (Å²) in [5, 5.41) is 0. The highest BCUT2D eigenvalue weighted by Crippen LogP contribution is 2.17. The average Bonchev–Trinajstić information content (AvgIpc) is 2.20. The van der Waals surface area contributed by atoms with Crippen LogP contribution in [0, 0.1) is 11.6 Å². The van der Waals surface area contributed by atoms with E-state index in [1.165, 1.54) is 12.1 Å². The molecule has 2 N–H and O–H groups in total. The van der Waals surface area contributed by atoms with Gasteiger partial charge in [-0.15, -0.1) is 0 Å². The molecule has 0 aromatic heterocycles. The fourth-order valence-electron chi connectivity index (χ4n) is 1.34. The Hall–Kier alpha value is -1.45. The van der Waals surface area contributed by atoms with Gasteiger partial charge in [0, 0.05) is 0 Å². The second-order valence-corrected chi connectivity index (χ2v) is 3.37. The molecule has 0 radical (unpaired) electrons. The Bertz CT molecular complexity index is 377. The first-order valence-corrected chi connectivity index (χ1v) is 4.84. The quantitative estimate of drug-likeness (QED) is 0.820. The van der Waals surface area contributed by atoms with Crippen LogP contribution < -0.4 is 5.73 Å². The predicted molar refractivity (Wildman–Crippen MR) is 53.5 cm³/mol. The van der Waals surface area contributed by atoms with Gasteiger partial charge in [-0.2, -0.15) is 0 Å². The maximum atomic E-state index is 13.4. The zero-order valence-corrected chi connectivity index (χ0v) is 8.52. The molecule has 4 heteroatoms. The number of benzene rings is 1. The minimum atomic E-state index is -1.14. The van der Waals surface area contributed by atoms with E-state index in [4.69, 9.17) is 5.73 Å². The maximum Gasteiger partial charge on any atom is 0.251 e. The Morgan fingerprint density at radius 1 is 1.33 bits per heavy atom. The number of hydrogen-bond donors (Lipinski definition) is 1. The largest absolute Gasteiger partial charge is 0.366 e. The van der Waals surface area contributed by atoms with Gasteiger partial charge in [0.25, 0.3) is 5.91 Å². The molecule has 0 bridgehead atoms. The van der Waals surface area contributed by atoms with Crippen LogP contribution in [-0.4, -0.2) is 5.91 Å². The van der Waals surface area contributed by atoms with Crippen LogP contribution in [-0.2, 0) is 6.42 Å². The van der Waals surface area contributed by atoms with Crippen LogP contribution in [0.3, 0.4) is 0 Å². The van der Waals surface area contributed by atoms with E-state index in [1.54, 1.807) is 0 Å². The summed E-state index contributed by atoms with van der Waals surface area (Å²) in [6.07, 6.45) is 2.16. The molecule has 0 heterocycles. The molecule has 0 aliphatic carbocycles. The molecule has 0 aliphatic heterocycles. The number of aryl methyl sites for hydroxylation is 1. The van der Waals surface area contributed by atoms with E-state index in [9.17, 15) is 13.6 Å². The van der Waals surface area contributed by atoms with Crippen molar-refractivity contribution in [2.75, 3.05) is 0 Å². The van der Waals surface area contributed by atoms with E-state index in [2.05, 4.69) is 0 Å². The number of halogens is 2. The van der Waals surface area contributed by atoms with Crippen LogP contribution in [0.5, 0.6) is 0 Å². The summed E-state index contributed by atoms with van der Waals surface area (Å²) >= 11 is 0. The number of carbonyl (C=O) groups is 1. The van der Waals surface area contributed by atoms with E-state index < -0.39 is 23.1 Å². The third-order valence-corrected chi connectivity index (χ3v) is 2.23. The third kappa shape index (κ3) is 2.52. The molecule has 1 aromatic rings. The molecule has 0 saturated heterocycles. The topological polar surface area (TPSA) is 43.1 Å². The minimum Gasteiger partial charge on any atom is -0.366 e. The molecule has 1 aromatic carbocycles. The fraction of sp³-hybridized carbons (Fsp3) is 0.364. The van der Waals surface area contributed by atoms with Crippen LogP contribution in [0.1, 0.15) is 35.7 Å². The summed E-state index contributed by atoms with van der Waals surface area (Å²) in [5.74, 6) is -3.05. The summed E-state index contributed by atoms with van der Waals surface area (Å²) < 4.78 is 26.6. The lowest BCUT2D eigenvalue weighted by Crippen LogP contribution is -2.14. The monoisotopic (exact) mass is 213 g/mol. The molecular weight excluding hydrogens is 200 g/mol. The van der Waals surface area contributed by atoms with Crippen LogP contribution in [0.2, 0.25) is 0 Å². The molecule has 0 spiro atoms. The van der Waals surface area contributed by atoms with Crippen molar-refractivity contribution in [2.24, 2.45) is 5.73 Å². The van der Waals surface area contributed by atoms with Gasteiger partial charge in [0.15, 0.2) is 11.6 Å². The van der Waals surface area contributed by atoms with Crippen molar-refractivity contribution >= 4 is 5.91 Å². The van der Waals surface area contributed by atoms with Gasteiger partial charge in [-0.3, -0.25) is 4.79 Å². The summed E-state index contributed by atoms with van der Waals surface area (Å²) in [6.45, 7) is 1.96. The molecule has 0 atom stereocenters. The average molecular weight is 213 g/mol. The summed E-state index contributed by atoms with van der Waals surface area (Å²) in [7, 11) is 0. The number of amides is 1. The van der Waals surface area contributed by atoms with Crippen molar-refractivity contribution in [3.63, 3.8) is 0 Å². The number of unbranched alkanes of at least 4 members (excludes halogenated alkanes) is 1. The van der Waals surface area contributed by atoms with Gasteiger partial charge in [-0.25, -0.2) is 8.78 Å². The zero-order chi connectivity index (χ0) is 11.4. The van der Waals surface area contributed by atoms with Gasteiger partial charge in [0.05, 0.1) is 5.56 Å². The first-order chi connectivity index (χ1) is 7.07. The fourth-order valence-corrected chi connectivity index (χ4v) is 1.34. The molecule has 0 saturated carbocycles. The summed E-state index contributed by atoms with van der Waals surface area (Å²) in [4.78, 5) is 10.7. The lowest BCUT2D eigenvalue weighted by Gasteiger charge is -2.05. The van der Waals surface area contributed by atoms with Gasteiger partial charge in [-0.1, -0.05) is 19.4 Å². The highest BCUT2D eigenvalue weighted by atomic mass is 19.2. The smallest absolute Gasteiger partial charge is 0.251 e. The lowest BCUT2D eigenvalue weighted by atomic mass is 10.0. The van der Waals surface area contributed by atoms with Gasteiger partial charge in [0.2, 0.25) is 0 Å². The Morgan fingerprint density at radius 3 is 2.53 bits per heavy atom. The molecule has 0 unspecified atom stereocenters. The van der Waals surface area contributed by atoms with Gasteiger partial charge < -0.3 is 5.73 Å². The van der Waals surface area contributed by atoms with Crippen molar-refractivity contribution in [2.45, 2.75) is 26.2 Å². The molecule has 1 rings (SSSR count). The van der Waals surface area contributed by atoms with Crippen LogP contribution in [0.4, 0.5) is 8.78 Å². The van der Waals surface area contributed by atoms with Gasteiger partial charge in [0.1, 0.15) is 0 Å². The van der Waals surface area contributed by atoms with E-state index in [0.717, 1.165) is 12.8 Å². The molecule has 0 aliphatic rings.